The van der Waals surface area contributed by atoms with Gasteiger partial charge >= 0.3 is 0 Å². The number of carbonyl (C=O) groups excluding carboxylic acids is 1. The molecule has 1 unspecified atom stereocenters. The van der Waals surface area contributed by atoms with Crippen LogP contribution < -0.4 is 10.1 Å². The molecule has 180 valence electrons. The van der Waals surface area contributed by atoms with E-state index in [1.54, 1.807) is 7.11 Å². The zero-order valence-electron chi connectivity index (χ0n) is 19.9. The lowest BCUT2D eigenvalue weighted by Gasteiger charge is -2.33. The van der Waals surface area contributed by atoms with Crippen LogP contribution in [0.2, 0.25) is 0 Å². The average Bonchev–Trinajstić information content (AvgIpc) is 3.31. The summed E-state index contributed by atoms with van der Waals surface area (Å²) in [6.07, 6.45) is 4.87. The summed E-state index contributed by atoms with van der Waals surface area (Å²) in [5.74, 6) is 1.78. The molecule has 4 rings (SSSR count). The second-order valence-electron chi connectivity index (χ2n) is 8.58. The first-order valence-corrected chi connectivity index (χ1v) is 12.9. The van der Waals surface area contributed by atoms with Crippen LogP contribution in [0.25, 0.3) is 17.1 Å². The fourth-order valence-electron chi connectivity index (χ4n) is 4.30. The van der Waals surface area contributed by atoms with Crippen LogP contribution in [0.5, 0.6) is 5.75 Å². The van der Waals surface area contributed by atoms with E-state index >= 15 is 0 Å². The molecule has 34 heavy (non-hydrogen) atoms. The molecule has 2 aromatic carbocycles. The second-order valence-corrected chi connectivity index (χ2v) is 9.52. The Bertz CT molecular complexity index is 1070. The molecule has 1 N–H and O–H groups in total. The van der Waals surface area contributed by atoms with Crippen LogP contribution in [0.15, 0.2) is 59.8 Å². The van der Waals surface area contributed by atoms with Crippen LogP contribution in [-0.2, 0) is 4.79 Å². The molecule has 1 aliphatic rings. The van der Waals surface area contributed by atoms with Crippen molar-refractivity contribution in [1.29, 1.82) is 0 Å². The number of aromatic nitrogens is 3. The minimum atomic E-state index is 0.0160. The van der Waals surface area contributed by atoms with Crippen molar-refractivity contribution >= 4 is 17.7 Å². The zero-order valence-corrected chi connectivity index (χ0v) is 20.8. The van der Waals surface area contributed by atoms with Gasteiger partial charge in [0.15, 0.2) is 11.0 Å². The molecule has 0 aliphatic carbocycles. The van der Waals surface area contributed by atoms with E-state index in [0.717, 1.165) is 30.0 Å². The standard InChI is InChI=1S/C26H33N5O2S/c1-20-10-6-7-16-30(20)17-9-15-27-24(32)19-34-26-29-28-25(21-11-8-14-23(18-21)33-2)31(26)22-12-4-3-5-13-22/h3-5,8,11-14,18,20H,6-7,9-10,15-17,19H2,1-2H3,(H,27,32). The predicted octanol–water partition coefficient (Wildman–Crippen LogP) is 4.42. The topological polar surface area (TPSA) is 72.3 Å². The fraction of sp³-hybridized carbons (Fsp3) is 0.423. The Morgan fingerprint density at radius 3 is 2.79 bits per heavy atom. The van der Waals surface area contributed by atoms with Crippen molar-refractivity contribution in [1.82, 2.24) is 25.0 Å². The maximum absolute atomic E-state index is 12.5. The summed E-state index contributed by atoms with van der Waals surface area (Å²) in [6, 6.07) is 18.4. The van der Waals surface area contributed by atoms with E-state index in [0.29, 0.717) is 29.3 Å². The van der Waals surface area contributed by atoms with Crippen molar-refractivity contribution in [3.8, 4) is 22.8 Å². The van der Waals surface area contributed by atoms with Gasteiger partial charge in [-0.3, -0.25) is 9.36 Å². The fourth-order valence-corrected chi connectivity index (χ4v) is 5.09. The Morgan fingerprint density at radius 1 is 1.15 bits per heavy atom. The molecule has 8 heteroatoms. The van der Waals surface area contributed by atoms with Gasteiger partial charge in [-0.2, -0.15) is 0 Å². The molecule has 7 nitrogen and oxygen atoms in total. The highest BCUT2D eigenvalue weighted by Crippen LogP contribution is 2.29. The maximum atomic E-state index is 12.5. The molecule has 1 atom stereocenters. The minimum absolute atomic E-state index is 0.0160. The number of carbonyl (C=O) groups is 1. The summed E-state index contributed by atoms with van der Waals surface area (Å²) in [7, 11) is 1.65. The van der Waals surface area contributed by atoms with Gasteiger partial charge in [0.25, 0.3) is 0 Å². The number of nitrogens with zero attached hydrogens (tertiary/aromatic N) is 4. The number of rotatable bonds is 10. The number of benzene rings is 2. The van der Waals surface area contributed by atoms with E-state index in [2.05, 4.69) is 27.3 Å². The number of hydrogen-bond donors (Lipinski definition) is 1. The van der Waals surface area contributed by atoms with Crippen LogP contribution in [0.4, 0.5) is 0 Å². The van der Waals surface area contributed by atoms with Gasteiger partial charge in [-0.25, -0.2) is 0 Å². The molecule has 1 saturated heterocycles. The lowest BCUT2D eigenvalue weighted by atomic mass is 10.0. The smallest absolute Gasteiger partial charge is 0.230 e. The predicted molar refractivity (Wildman–Crippen MR) is 137 cm³/mol. The number of methoxy groups -OCH3 is 1. The summed E-state index contributed by atoms with van der Waals surface area (Å²) in [5, 5.41) is 12.6. The molecule has 0 saturated carbocycles. The highest BCUT2D eigenvalue weighted by atomic mass is 32.2. The summed E-state index contributed by atoms with van der Waals surface area (Å²) < 4.78 is 7.37. The Labute approximate surface area is 205 Å². The molecule has 1 aliphatic heterocycles. The maximum Gasteiger partial charge on any atom is 0.230 e. The van der Waals surface area contributed by atoms with Gasteiger partial charge in [0.1, 0.15) is 5.75 Å². The van der Waals surface area contributed by atoms with Gasteiger partial charge in [-0.15, -0.1) is 10.2 Å². The molecule has 0 spiro atoms. The van der Waals surface area contributed by atoms with Gasteiger partial charge in [-0.05, 0) is 57.0 Å². The summed E-state index contributed by atoms with van der Waals surface area (Å²) in [4.78, 5) is 15.1. The van der Waals surface area contributed by atoms with Crippen LogP contribution in [0.3, 0.4) is 0 Å². The summed E-state index contributed by atoms with van der Waals surface area (Å²) in [5.41, 5.74) is 1.85. The van der Waals surface area contributed by atoms with E-state index in [1.807, 2.05) is 59.2 Å². The van der Waals surface area contributed by atoms with Crippen molar-refractivity contribution in [2.24, 2.45) is 0 Å². The SMILES string of the molecule is COc1cccc(-c2nnc(SCC(=O)NCCCN3CCCCC3C)n2-c2ccccc2)c1. The van der Waals surface area contributed by atoms with E-state index in [1.165, 1.54) is 37.6 Å². The number of hydrogen-bond acceptors (Lipinski definition) is 6. The zero-order chi connectivity index (χ0) is 23.8. The number of amides is 1. The Balaban J connectivity index is 1.38. The molecule has 1 fully saturated rings. The van der Waals surface area contributed by atoms with Gasteiger partial charge in [0.2, 0.25) is 5.91 Å². The third kappa shape index (κ3) is 6.18. The number of nitrogens with one attached hydrogen (secondary N) is 1. The molecular weight excluding hydrogens is 446 g/mol. The van der Waals surface area contributed by atoms with E-state index in [9.17, 15) is 4.79 Å². The normalized spacial score (nSPS) is 16.4. The number of para-hydroxylation sites is 1. The molecule has 2 heterocycles. The molecular formula is C26H33N5O2S. The van der Waals surface area contributed by atoms with E-state index in [-0.39, 0.29) is 5.91 Å². The van der Waals surface area contributed by atoms with Crippen molar-refractivity contribution in [3.05, 3.63) is 54.6 Å². The van der Waals surface area contributed by atoms with Gasteiger partial charge in [-0.1, -0.05) is 48.5 Å². The largest absolute Gasteiger partial charge is 0.497 e. The van der Waals surface area contributed by atoms with Crippen molar-refractivity contribution in [3.63, 3.8) is 0 Å². The first-order valence-electron chi connectivity index (χ1n) is 11.9. The monoisotopic (exact) mass is 479 g/mol. The number of piperidine rings is 1. The lowest BCUT2D eigenvalue weighted by Crippen LogP contribution is -2.39. The van der Waals surface area contributed by atoms with Crippen molar-refractivity contribution in [2.45, 2.75) is 43.8 Å². The van der Waals surface area contributed by atoms with Gasteiger partial charge in [0.05, 0.1) is 12.9 Å². The Kier molecular flexibility index (Phi) is 8.60. The van der Waals surface area contributed by atoms with Crippen molar-refractivity contribution in [2.75, 3.05) is 32.5 Å². The van der Waals surface area contributed by atoms with E-state index < -0.39 is 0 Å². The number of thioether (sulfide) groups is 1. The molecule has 1 amide bonds. The van der Waals surface area contributed by atoms with Crippen LogP contribution >= 0.6 is 11.8 Å². The first kappa shape index (κ1) is 24.3. The second kappa shape index (κ2) is 12.0. The lowest BCUT2D eigenvalue weighted by molar-refractivity contribution is -0.118. The van der Waals surface area contributed by atoms with Crippen molar-refractivity contribution < 1.29 is 9.53 Å². The quantitative estimate of drug-likeness (QED) is 0.343. The molecule has 0 bridgehead atoms. The highest BCUT2D eigenvalue weighted by Gasteiger charge is 2.19. The van der Waals surface area contributed by atoms with Crippen LogP contribution in [-0.4, -0.2) is 64.1 Å². The third-order valence-corrected chi connectivity index (χ3v) is 7.12. The summed E-state index contributed by atoms with van der Waals surface area (Å²) in [6.45, 7) is 5.22. The molecule has 0 radical (unpaired) electrons. The van der Waals surface area contributed by atoms with E-state index in [4.69, 9.17) is 4.74 Å². The summed E-state index contributed by atoms with van der Waals surface area (Å²) >= 11 is 1.40. The Hall–Kier alpha value is -2.84. The van der Waals surface area contributed by atoms with Gasteiger partial charge < -0.3 is 15.0 Å². The van der Waals surface area contributed by atoms with Gasteiger partial charge in [0, 0.05) is 30.4 Å². The average molecular weight is 480 g/mol. The third-order valence-electron chi connectivity index (χ3n) is 6.19. The van der Waals surface area contributed by atoms with Crippen LogP contribution in [0.1, 0.15) is 32.6 Å². The molecule has 1 aromatic heterocycles. The molecule has 3 aromatic rings. The number of ether oxygens (including phenoxy) is 1. The first-order chi connectivity index (χ1) is 16.7. The van der Waals surface area contributed by atoms with Crippen LogP contribution in [0, 0.1) is 0 Å². The Morgan fingerprint density at radius 2 is 2.00 bits per heavy atom. The highest BCUT2D eigenvalue weighted by molar-refractivity contribution is 7.99. The number of likely N-dealkylation sites (tertiary alicyclic amines) is 1. The minimum Gasteiger partial charge on any atom is -0.497 e.